The van der Waals surface area contributed by atoms with Gasteiger partial charge in [-0.25, -0.2) is 4.79 Å². The topological polar surface area (TPSA) is 87.4 Å². The molecule has 1 heterocycles. The number of carbonyl (C=O) groups is 1. The quantitative estimate of drug-likeness (QED) is 0.763. The Bertz CT molecular complexity index is 620. The highest BCUT2D eigenvalue weighted by Crippen LogP contribution is 2.22. The molecule has 0 bridgehead atoms. The lowest BCUT2D eigenvalue weighted by atomic mass is 10.00. The summed E-state index contributed by atoms with van der Waals surface area (Å²) in [5.74, 6) is 0.867. The first kappa shape index (κ1) is 17.0. The lowest BCUT2D eigenvalue weighted by molar-refractivity contribution is 0.216. The molecule has 0 aliphatic carbocycles. The van der Waals surface area contributed by atoms with Crippen LogP contribution in [0.15, 0.2) is 34.9 Å². The third kappa shape index (κ3) is 4.32. The molecule has 0 spiro atoms. The van der Waals surface area contributed by atoms with Gasteiger partial charge in [0.05, 0.1) is 18.3 Å². The number of aliphatic hydroxyl groups excluding tert-OH is 1. The zero-order valence-corrected chi connectivity index (χ0v) is 13.7. The largest absolute Gasteiger partial charge is 0.394 e. The van der Waals surface area contributed by atoms with E-state index in [1.807, 2.05) is 51.1 Å². The van der Waals surface area contributed by atoms with Crippen LogP contribution in [0, 0.1) is 13.8 Å². The van der Waals surface area contributed by atoms with Crippen molar-refractivity contribution < 1.29 is 14.4 Å². The molecule has 2 aromatic rings. The number of hydrogen-bond donors (Lipinski definition) is 3. The van der Waals surface area contributed by atoms with E-state index in [4.69, 9.17) is 4.52 Å². The number of benzene rings is 1. The molecule has 3 N–H and O–H groups in total. The van der Waals surface area contributed by atoms with Crippen molar-refractivity contribution in [2.24, 2.45) is 0 Å². The summed E-state index contributed by atoms with van der Waals surface area (Å²) in [6.07, 6.45) is 0. The monoisotopic (exact) mass is 317 g/mol. The smallest absolute Gasteiger partial charge is 0.315 e. The fourth-order valence-corrected chi connectivity index (χ4v) is 2.67. The van der Waals surface area contributed by atoms with E-state index in [0.717, 1.165) is 22.6 Å². The third-order valence-corrected chi connectivity index (χ3v) is 3.84. The second-order valence-corrected chi connectivity index (χ2v) is 5.64. The highest BCUT2D eigenvalue weighted by atomic mass is 16.5. The summed E-state index contributed by atoms with van der Waals surface area (Å²) in [6.45, 7) is 6.06. The number of nitrogens with one attached hydrogen (secondary N) is 2. The molecule has 6 heteroatoms. The summed E-state index contributed by atoms with van der Waals surface area (Å²) in [7, 11) is 0. The normalized spacial score (nSPS) is 13.4. The maximum atomic E-state index is 12.1. The first-order chi connectivity index (χ1) is 11.0. The van der Waals surface area contributed by atoms with Gasteiger partial charge in [-0.15, -0.1) is 0 Å². The van der Waals surface area contributed by atoms with E-state index in [0.29, 0.717) is 6.54 Å². The maximum Gasteiger partial charge on any atom is 0.315 e. The molecule has 2 amide bonds. The van der Waals surface area contributed by atoms with Gasteiger partial charge in [0, 0.05) is 18.0 Å². The van der Waals surface area contributed by atoms with Crippen molar-refractivity contribution in [3.63, 3.8) is 0 Å². The van der Waals surface area contributed by atoms with E-state index >= 15 is 0 Å². The Morgan fingerprint density at radius 1 is 1.30 bits per heavy atom. The third-order valence-electron chi connectivity index (χ3n) is 3.84. The fraction of sp³-hybridized carbons (Fsp3) is 0.412. The van der Waals surface area contributed by atoms with E-state index in [-0.39, 0.29) is 18.6 Å². The molecule has 0 fully saturated rings. The molecule has 0 saturated carbocycles. The van der Waals surface area contributed by atoms with Gasteiger partial charge in [-0.05, 0) is 19.4 Å². The van der Waals surface area contributed by atoms with Crippen LogP contribution in [-0.2, 0) is 0 Å². The molecule has 2 atom stereocenters. The van der Waals surface area contributed by atoms with Crippen LogP contribution in [0.1, 0.15) is 41.5 Å². The molecule has 23 heavy (non-hydrogen) atoms. The highest BCUT2D eigenvalue weighted by Gasteiger charge is 2.18. The Hall–Kier alpha value is -2.34. The van der Waals surface area contributed by atoms with E-state index < -0.39 is 6.04 Å². The maximum absolute atomic E-state index is 12.1. The number of aromatic nitrogens is 1. The Labute approximate surface area is 135 Å². The first-order valence-electron chi connectivity index (χ1n) is 7.65. The zero-order chi connectivity index (χ0) is 16.8. The highest BCUT2D eigenvalue weighted by molar-refractivity contribution is 5.74. The van der Waals surface area contributed by atoms with Crippen molar-refractivity contribution in [1.29, 1.82) is 0 Å². The van der Waals surface area contributed by atoms with E-state index in [1.165, 1.54) is 0 Å². The number of aryl methyl sites for hydroxylation is 2. The van der Waals surface area contributed by atoms with Crippen molar-refractivity contribution in [2.45, 2.75) is 32.7 Å². The van der Waals surface area contributed by atoms with Crippen LogP contribution in [0.2, 0.25) is 0 Å². The number of rotatable bonds is 6. The molecule has 6 nitrogen and oxygen atoms in total. The van der Waals surface area contributed by atoms with Crippen molar-refractivity contribution >= 4 is 6.03 Å². The number of amides is 2. The van der Waals surface area contributed by atoms with Crippen LogP contribution in [-0.4, -0.2) is 29.4 Å². The summed E-state index contributed by atoms with van der Waals surface area (Å²) >= 11 is 0. The van der Waals surface area contributed by atoms with Crippen molar-refractivity contribution in [1.82, 2.24) is 15.8 Å². The van der Waals surface area contributed by atoms with Crippen molar-refractivity contribution in [3.8, 4) is 0 Å². The average Bonchev–Trinajstić information content (AvgIpc) is 2.90. The lowest BCUT2D eigenvalue weighted by Gasteiger charge is -2.18. The van der Waals surface area contributed by atoms with Gasteiger partial charge in [0.25, 0.3) is 0 Å². The van der Waals surface area contributed by atoms with E-state index in [9.17, 15) is 9.90 Å². The van der Waals surface area contributed by atoms with Gasteiger partial charge < -0.3 is 20.3 Å². The minimum atomic E-state index is -0.425. The van der Waals surface area contributed by atoms with Crippen LogP contribution < -0.4 is 10.6 Å². The van der Waals surface area contributed by atoms with Gasteiger partial charge in [-0.1, -0.05) is 42.4 Å². The standard InChI is InChI=1S/C17H23N3O3/c1-11(16-12(2)20-23-13(16)3)9-18-17(22)19-15(10-21)14-7-5-4-6-8-14/h4-8,11,15,21H,9-10H2,1-3H3,(H2,18,19,22)/t11-,15-/m1/s1. The van der Waals surface area contributed by atoms with Gasteiger partial charge in [0.15, 0.2) is 0 Å². The Morgan fingerprint density at radius 3 is 2.57 bits per heavy atom. The van der Waals surface area contributed by atoms with Crippen LogP contribution in [0.5, 0.6) is 0 Å². The molecule has 2 rings (SSSR count). The summed E-state index contributed by atoms with van der Waals surface area (Å²) in [5, 5.41) is 19.0. The van der Waals surface area contributed by atoms with Crippen LogP contribution in [0.3, 0.4) is 0 Å². The molecule has 0 aliphatic rings. The van der Waals surface area contributed by atoms with Crippen LogP contribution >= 0.6 is 0 Å². The molecule has 0 unspecified atom stereocenters. The molecule has 1 aromatic heterocycles. The van der Waals surface area contributed by atoms with Crippen molar-refractivity contribution in [2.75, 3.05) is 13.2 Å². The number of carbonyl (C=O) groups excluding carboxylic acids is 1. The van der Waals surface area contributed by atoms with E-state index in [2.05, 4.69) is 15.8 Å². The number of aliphatic hydroxyl groups is 1. The lowest BCUT2D eigenvalue weighted by Crippen LogP contribution is -2.40. The molecular weight excluding hydrogens is 294 g/mol. The van der Waals surface area contributed by atoms with Gasteiger partial charge in [0.2, 0.25) is 0 Å². The number of hydrogen-bond acceptors (Lipinski definition) is 4. The zero-order valence-electron chi connectivity index (χ0n) is 13.7. The summed E-state index contributed by atoms with van der Waals surface area (Å²) in [6, 6.07) is 8.64. The first-order valence-corrected chi connectivity index (χ1v) is 7.65. The van der Waals surface area contributed by atoms with Gasteiger partial charge in [-0.3, -0.25) is 0 Å². The minimum Gasteiger partial charge on any atom is -0.394 e. The molecule has 124 valence electrons. The van der Waals surface area contributed by atoms with Gasteiger partial charge in [0.1, 0.15) is 5.76 Å². The number of nitrogens with zero attached hydrogens (tertiary/aromatic N) is 1. The van der Waals surface area contributed by atoms with Crippen LogP contribution in [0.25, 0.3) is 0 Å². The predicted molar refractivity (Wildman–Crippen MR) is 87.2 cm³/mol. The number of urea groups is 1. The van der Waals surface area contributed by atoms with Gasteiger partial charge in [-0.2, -0.15) is 0 Å². The summed E-state index contributed by atoms with van der Waals surface area (Å²) in [5.41, 5.74) is 2.73. The Morgan fingerprint density at radius 2 is 2.00 bits per heavy atom. The van der Waals surface area contributed by atoms with Crippen molar-refractivity contribution in [3.05, 3.63) is 52.9 Å². The van der Waals surface area contributed by atoms with Crippen LogP contribution in [0.4, 0.5) is 4.79 Å². The summed E-state index contributed by atoms with van der Waals surface area (Å²) in [4.78, 5) is 12.1. The molecular formula is C17H23N3O3. The summed E-state index contributed by atoms with van der Waals surface area (Å²) < 4.78 is 5.15. The second-order valence-electron chi connectivity index (χ2n) is 5.64. The SMILES string of the molecule is Cc1noc(C)c1[C@H](C)CNC(=O)N[C@H](CO)c1ccccc1. The minimum absolute atomic E-state index is 0.0938. The molecule has 0 radical (unpaired) electrons. The Kier molecular flexibility index (Phi) is 5.76. The molecule has 1 aromatic carbocycles. The molecule has 0 saturated heterocycles. The van der Waals surface area contributed by atoms with Gasteiger partial charge >= 0.3 is 6.03 Å². The van der Waals surface area contributed by atoms with E-state index in [1.54, 1.807) is 0 Å². The Balaban J connectivity index is 1.89. The predicted octanol–water partition coefficient (Wildman–Crippen LogP) is 2.43. The molecule has 0 aliphatic heterocycles. The second kappa shape index (κ2) is 7.78. The fourth-order valence-electron chi connectivity index (χ4n) is 2.67. The average molecular weight is 317 g/mol.